The second kappa shape index (κ2) is 8.14. The van der Waals surface area contributed by atoms with Crippen LogP contribution in [-0.4, -0.2) is 29.4 Å². The molecule has 0 aliphatic rings. The molecule has 6 heteroatoms. The van der Waals surface area contributed by atoms with E-state index in [0.29, 0.717) is 17.9 Å². The number of nitrogens with one attached hydrogen (secondary N) is 2. The van der Waals surface area contributed by atoms with Gasteiger partial charge < -0.3 is 16.4 Å². The van der Waals surface area contributed by atoms with Crippen LogP contribution >= 0.6 is 0 Å². The first-order valence-corrected chi connectivity index (χ1v) is 6.77. The summed E-state index contributed by atoms with van der Waals surface area (Å²) in [5.41, 5.74) is 6.73. The highest BCUT2D eigenvalue weighted by atomic mass is 16.2. The average molecular weight is 278 g/mol. The average Bonchev–Trinajstić information content (AvgIpc) is 2.41. The fourth-order valence-electron chi connectivity index (χ4n) is 1.53. The van der Waals surface area contributed by atoms with Crippen LogP contribution in [0.25, 0.3) is 0 Å². The fourth-order valence-corrected chi connectivity index (χ4v) is 1.53. The molecule has 1 atom stereocenters. The van der Waals surface area contributed by atoms with Crippen LogP contribution in [0.1, 0.15) is 32.4 Å². The molecule has 0 spiro atoms. The molecule has 0 aromatic carbocycles. The second-order valence-corrected chi connectivity index (χ2v) is 4.74. The van der Waals surface area contributed by atoms with Gasteiger partial charge in [-0.25, -0.2) is 0 Å². The molecule has 1 rings (SSSR count). The molecule has 0 aliphatic carbocycles. The number of nitrogen functional groups attached to an aromatic ring is 1. The topological polar surface area (TPSA) is 97.1 Å². The Morgan fingerprint density at radius 3 is 2.70 bits per heavy atom. The van der Waals surface area contributed by atoms with Crippen molar-refractivity contribution in [2.24, 2.45) is 0 Å². The molecule has 1 unspecified atom stereocenters. The maximum Gasteiger partial charge on any atom is 0.226 e. The van der Waals surface area contributed by atoms with Crippen molar-refractivity contribution in [3.8, 4) is 0 Å². The first-order chi connectivity index (χ1) is 9.51. The molecule has 0 saturated heterocycles. The predicted octanol–water partition coefficient (Wildman–Crippen LogP) is 0.627. The van der Waals surface area contributed by atoms with Gasteiger partial charge in [0.2, 0.25) is 11.8 Å². The fraction of sp³-hybridized carbons (Fsp3) is 0.500. The van der Waals surface area contributed by atoms with E-state index in [-0.39, 0.29) is 30.7 Å². The lowest BCUT2D eigenvalue weighted by Gasteiger charge is -2.11. The zero-order chi connectivity index (χ0) is 15.0. The first-order valence-electron chi connectivity index (χ1n) is 6.77. The molecule has 1 aromatic heterocycles. The summed E-state index contributed by atoms with van der Waals surface area (Å²) in [5.74, 6) is -0.205. The molecule has 0 saturated carbocycles. The summed E-state index contributed by atoms with van der Waals surface area (Å²) in [5, 5.41) is 5.54. The summed E-state index contributed by atoms with van der Waals surface area (Å²) in [6.45, 7) is 4.28. The maximum absolute atomic E-state index is 11.6. The monoisotopic (exact) mass is 278 g/mol. The smallest absolute Gasteiger partial charge is 0.226 e. The van der Waals surface area contributed by atoms with Crippen LogP contribution in [0, 0.1) is 0 Å². The van der Waals surface area contributed by atoms with E-state index in [1.165, 1.54) is 6.20 Å². The lowest BCUT2D eigenvalue weighted by molar-refractivity contribution is -0.122. The predicted molar refractivity (Wildman–Crippen MR) is 77.9 cm³/mol. The number of hydrogen-bond donors (Lipinski definition) is 3. The molecule has 6 nitrogen and oxygen atoms in total. The molecule has 0 radical (unpaired) electrons. The van der Waals surface area contributed by atoms with Crippen molar-refractivity contribution < 1.29 is 9.59 Å². The summed E-state index contributed by atoms with van der Waals surface area (Å²) in [7, 11) is 0. The van der Waals surface area contributed by atoms with E-state index < -0.39 is 0 Å². The van der Waals surface area contributed by atoms with Crippen LogP contribution in [0.15, 0.2) is 18.3 Å². The largest absolute Gasteiger partial charge is 0.397 e. The molecule has 0 aliphatic heterocycles. The molecule has 20 heavy (non-hydrogen) atoms. The number of hydrogen-bond acceptors (Lipinski definition) is 4. The Kier molecular flexibility index (Phi) is 6.49. The van der Waals surface area contributed by atoms with Gasteiger partial charge in [0.15, 0.2) is 0 Å². The number of aromatic nitrogens is 1. The van der Waals surface area contributed by atoms with Crippen molar-refractivity contribution >= 4 is 17.5 Å². The Balaban J connectivity index is 2.23. The zero-order valence-corrected chi connectivity index (χ0v) is 12.0. The molecular weight excluding hydrogens is 256 g/mol. The summed E-state index contributed by atoms with van der Waals surface area (Å²) in [6, 6.07) is 3.58. The van der Waals surface area contributed by atoms with Gasteiger partial charge in [0.1, 0.15) is 0 Å². The van der Waals surface area contributed by atoms with Crippen LogP contribution in [0.3, 0.4) is 0 Å². The van der Waals surface area contributed by atoms with Crippen LogP contribution < -0.4 is 16.4 Å². The SMILES string of the molecule is CCC(C)NC(=O)CCNC(=O)Cc1ccc(N)cn1. The van der Waals surface area contributed by atoms with Crippen molar-refractivity contribution in [2.45, 2.75) is 39.2 Å². The van der Waals surface area contributed by atoms with E-state index in [4.69, 9.17) is 5.73 Å². The van der Waals surface area contributed by atoms with Gasteiger partial charge in [-0.1, -0.05) is 6.92 Å². The van der Waals surface area contributed by atoms with Crippen molar-refractivity contribution in [3.05, 3.63) is 24.0 Å². The Bertz CT molecular complexity index is 445. The van der Waals surface area contributed by atoms with Crippen LogP contribution in [0.4, 0.5) is 5.69 Å². The van der Waals surface area contributed by atoms with Gasteiger partial charge in [-0.15, -0.1) is 0 Å². The highest BCUT2D eigenvalue weighted by molar-refractivity contribution is 5.80. The van der Waals surface area contributed by atoms with E-state index in [0.717, 1.165) is 6.42 Å². The first kappa shape index (κ1) is 15.9. The maximum atomic E-state index is 11.6. The molecule has 4 N–H and O–H groups in total. The quantitative estimate of drug-likeness (QED) is 0.681. The minimum absolute atomic E-state index is 0.0507. The Labute approximate surface area is 119 Å². The highest BCUT2D eigenvalue weighted by Gasteiger charge is 2.07. The van der Waals surface area contributed by atoms with Crippen LogP contribution in [-0.2, 0) is 16.0 Å². The third-order valence-corrected chi connectivity index (χ3v) is 2.88. The van der Waals surface area contributed by atoms with E-state index in [1.54, 1.807) is 12.1 Å². The molecule has 0 bridgehead atoms. The number of amides is 2. The highest BCUT2D eigenvalue weighted by Crippen LogP contribution is 2.01. The van der Waals surface area contributed by atoms with Gasteiger partial charge in [0, 0.05) is 24.7 Å². The number of carbonyl (C=O) groups excluding carboxylic acids is 2. The van der Waals surface area contributed by atoms with E-state index in [2.05, 4.69) is 15.6 Å². The second-order valence-electron chi connectivity index (χ2n) is 4.74. The van der Waals surface area contributed by atoms with Crippen molar-refractivity contribution in [2.75, 3.05) is 12.3 Å². The normalized spacial score (nSPS) is 11.7. The van der Waals surface area contributed by atoms with Gasteiger partial charge >= 0.3 is 0 Å². The summed E-state index contributed by atoms with van der Waals surface area (Å²) >= 11 is 0. The van der Waals surface area contributed by atoms with E-state index in [1.807, 2.05) is 13.8 Å². The summed E-state index contributed by atoms with van der Waals surface area (Å²) in [4.78, 5) is 27.2. The number of anilines is 1. The number of rotatable bonds is 7. The molecule has 1 heterocycles. The number of pyridine rings is 1. The number of nitrogens with two attached hydrogens (primary N) is 1. The minimum atomic E-state index is -0.154. The van der Waals surface area contributed by atoms with Gasteiger partial charge in [-0.3, -0.25) is 14.6 Å². The third-order valence-electron chi connectivity index (χ3n) is 2.88. The number of nitrogens with zero attached hydrogens (tertiary/aromatic N) is 1. The summed E-state index contributed by atoms with van der Waals surface area (Å²) < 4.78 is 0. The number of carbonyl (C=O) groups is 2. The molecule has 2 amide bonds. The van der Waals surface area contributed by atoms with Crippen molar-refractivity contribution in [3.63, 3.8) is 0 Å². The Morgan fingerprint density at radius 2 is 2.10 bits per heavy atom. The van der Waals surface area contributed by atoms with E-state index >= 15 is 0 Å². The van der Waals surface area contributed by atoms with Gasteiger partial charge in [-0.05, 0) is 25.5 Å². The molecule has 0 fully saturated rings. The lowest BCUT2D eigenvalue weighted by Crippen LogP contribution is -2.35. The Morgan fingerprint density at radius 1 is 1.35 bits per heavy atom. The van der Waals surface area contributed by atoms with Gasteiger partial charge in [0.25, 0.3) is 0 Å². The van der Waals surface area contributed by atoms with Gasteiger partial charge in [0.05, 0.1) is 18.3 Å². The van der Waals surface area contributed by atoms with Gasteiger partial charge in [-0.2, -0.15) is 0 Å². The standard InChI is InChI=1S/C14H22N4O2/c1-3-10(2)18-13(19)6-7-16-14(20)8-12-5-4-11(15)9-17-12/h4-5,9-10H,3,6-8,15H2,1-2H3,(H,16,20)(H,18,19). The van der Waals surface area contributed by atoms with E-state index in [9.17, 15) is 9.59 Å². The third kappa shape index (κ3) is 6.17. The minimum Gasteiger partial charge on any atom is -0.397 e. The van der Waals surface area contributed by atoms with Crippen molar-refractivity contribution in [1.82, 2.24) is 15.6 Å². The molecule has 110 valence electrons. The van der Waals surface area contributed by atoms with Crippen molar-refractivity contribution in [1.29, 1.82) is 0 Å². The Hall–Kier alpha value is -2.11. The lowest BCUT2D eigenvalue weighted by atomic mass is 10.2. The summed E-state index contributed by atoms with van der Waals surface area (Å²) in [6.07, 6.45) is 2.88. The zero-order valence-electron chi connectivity index (χ0n) is 12.0. The van der Waals surface area contributed by atoms with Crippen LogP contribution in [0.2, 0.25) is 0 Å². The molecular formula is C14H22N4O2. The van der Waals surface area contributed by atoms with Crippen LogP contribution in [0.5, 0.6) is 0 Å². The molecule has 1 aromatic rings.